The van der Waals surface area contributed by atoms with Crippen molar-refractivity contribution < 1.29 is 4.74 Å². The van der Waals surface area contributed by atoms with Gasteiger partial charge in [-0.2, -0.15) is 5.26 Å². The van der Waals surface area contributed by atoms with Crippen LogP contribution in [0.4, 0.5) is 0 Å². The molecule has 2 aromatic heterocycles. The van der Waals surface area contributed by atoms with E-state index >= 15 is 0 Å². The van der Waals surface area contributed by atoms with Crippen LogP contribution < -0.4 is 0 Å². The maximum absolute atomic E-state index is 9.52. The second-order valence-electron chi connectivity index (χ2n) is 5.72. The summed E-state index contributed by atoms with van der Waals surface area (Å²) in [5.74, 6) is 0. The predicted molar refractivity (Wildman–Crippen MR) is 90.4 cm³/mol. The van der Waals surface area contributed by atoms with Gasteiger partial charge in [0.1, 0.15) is 11.7 Å². The lowest BCUT2D eigenvalue weighted by molar-refractivity contribution is 0.182. The number of aromatic nitrogens is 2. The highest BCUT2D eigenvalue weighted by atomic mass is 16.5. The minimum absolute atomic E-state index is 0.450. The Morgan fingerprint density at radius 1 is 1.17 bits per heavy atom. The zero-order chi connectivity index (χ0) is 16.0. The summed E-state index contributed by atoms with van der Waals surface area (Å²) in [7, 11) is 1.66. The quantitative estimate of drug-likeness (QED) is 0.526. The number of imidazole rings is 1. The third-order valence-corrected chi connectivity index (χ3v) is 4.15. The lowest BCUT2D eigenvalue weighted by atomic mass is 10.0. The highest BCUT2D eigenvalue weighted by Gasteiger charge is 2.14. The Labute approximate surface area is 133 Å². The molecule has 0 bridgehead atoms. The first-order chi connectivity index (χ1) is 11.2. The molecule has 4 aromatic rings. The monoisotopic (exact) mass is 301 g/mol. The Morgan fingerprint density at radius 2 is 2.04 bits per heavy atom. The first-order valence-corrected chi connectivity index (χ1v) is 7.45. The smallest absolute Gasteiger partial charge is 0.145 e. The van der Waals surface area contributed by atoms with E-state index in [4.69, 9.17) is 9.72 Å². The highest BCUT2D eigenvalue weighted by Crippen LogP contribution is 2.31. The summed E-state index contributed by atoms with van der Waals surface area (Å²) in [5.41, 5.74) is 4.46. The van der Waals surface area contributed by atoms with Crippen molar-refractivity contribution in [3.8, 4) is 6.07 Å². The number of hydrogen-bond donors (Lipinski definition) is 0. The zero-order valence-corrected chi connectivity index (χ0v) is 13.0. The van der Waals surface area contributed by atoms with Gasteiger partial charge in [0, 0.05) is 24.1 Å². The van der Waals surface area contributed by atoms with E-state index < -0.39 is 0 Å². The summed E-state index contributed by atoms with van der Waals surface area (Å²) >= 11 is 0. The summed E-state index contributed by atoms with van der Waals surface area (Å²) in [4.78, 5) is 4.71. The SMILES string of the molecule is COCc1cn2c(n1)c1ccc(C)cc1c1cccc(C#N)c12. The van der Waals surface area contributed by atoms with Crippen LogP contribution in [0, 0.1) is 18.3 Å². The van der Waals surface area contributed by atoms with Crippen LogP contribution >= 0.6 is 0 Å². The van der Waals surface area contributed by atoms with Crippen LogP contribution in [0.2, 0.25) is 0 Å². The molecule has 23 heavy (non-hydrogen) atoms. The molecular formula is C19H15N3O. The molecule has 0 amide bonds. The van der Waals surface area contributed by atoms with Crippen LogP contribution in [0.25, 0.3) is 27.3 Å². The van der Waals surface area contributed by atoms with E-state index in [1.807, 2.05) is 22.7 Å². The Morgan fingerprint density at radius 3 is 2.83 bits per heavy atom. The largest absolute Gasteiger partial charge is 0.378 e. The third kappa shape index (κ3) is 1.98. The topological polar surface area (TPSA) is 50.3 Å². The van der Waals surface area contributed by atoms with Crippen molar-refractivity contribution in [2.75, 3.05) is 7.11 Å². The van der Waals surface area contributed by atoms with Gasteiger partial charge in [-0.3, -0.25) is 4.40 Å². The number of benzene rings is 2. The number of aryl methyl sites for hydroxylation is 1. The first kappa shape index (κ1) is 13.7. The van der Waals surface area contributed by atoms with E-state index in [9.17, 15) is 5.26 Å². The number of hydrogen-bond acceptors (Lipinski definition) is 3. The molecule has 0 saturated carbocycles. The van der Waals surface area contributed by atoms with E-state index in [-0.39, 0.29) is 0 Å². The number of ether oxygens (including phenoxy) is 1. The Kier molecular flexibility index (Phi) is 3.03. The Balaban J connectivity index is 2.30. The van der Waals surface area contributed by atoms with E-state index in [2.05, 4.69) is 37.3 Å². The van der Waals surface area contributed by atoms with Gasteiger partial charge in [-0.15, -0.1) is 0 Å². The molecule has 4 rings (SSSR count). The zero-order valence-electron chi connectivity index (χ0n) is 13.0. The van der Waals surface area contributed by atoms with Crippen molar-refractivity contribution in [2.24, 2.45) is 0 Å². The summed E-state index contributed by atoms with van der Waals surface area (Å²) in [6.07, 6.45) is 1.96. The van der Waals surface area contributed by atoms with Crippen molar-refractivity contribution in [1.29, 1.82) is 5.26 Å². The molecule has 2 heterocycles. The Hall–Kier alpha value is -2.90. The summed E-state index contributed by atoms with van der Waals surface area (Å²) in [6, 6.07) is 14.5. The number of methoxy groups -OCH3 is 1. The van der Waals surface area contributed by atoms with Crippen LogP contribution in [-0.2, 0) is 11.3 Å². The van der Waals surface area contributed by atoms with Crippen molar-refractivity contribution in [3.05, 3.63) is 59.4 Å². The van der Waals surface area contributed by atoms with Crippen molar-refractivity contribution in [1.82, 2.24) is 9.38 Å². The van der Waals surface area contributed by atoms with Gasteiger partial charge in [-0.25, -0.2) is 4.98 Å². The fourth-order valence-corrected chi connectivity index (χ4v) is 3.19. The number of nitrogens with zero attached hydrogens (tertiary/aromatic N) is 3. The number of fused-ring (bicyclic) bond motifs is 6. The average Bonchev–Trinajstić information content (AvgIpc) is 2.98. The lowest BCUT2D eigenvalue weighted by Gasteiger charge is -2.10. The maximum Gasteiger partial charge on any atom is 0.145 e. The van der Waals surface area contributed by atoms with Crippen molar-refractivity contribution in [3.63, 3.8) is 0 Å². The summed E-state index contributed by atoms with van der Waals surface area (Å²) in [5, 5.41) is 12.8. The van der Waals surface area contributed by atoms with Gasteiger partial charge in [0.2, 0.25) is 0 Å². The average molecular weight is 301 g/mol. The molecule has 4 nitrogen and oxygen atoms in total. The van der Waals surface area contributed by atoms with Gasteiger partial charge in [0.05, 0.1) is 23.4 Å². The van der Waals surface area contributed by atoms with Crippen LogP contribution in [0.15, 0.2) is 42.6 Å². The number of rotatable bonds is 2. The Bertz CT molecular complexity index is 1100. The van der Waals surface area contributed by atoms with E-state index in [0.29, 0.717) is 12.2 Å². The number of pyridine rings is 1. The molecule has 0 unspecified atom stereocenters. The van der Waals surface area contributed by atoms with Gasteiger partial charge >= 0.3 is 0 Å². The van der Waals surface area contributed by atoms with Gasteiger partial charge in [-0.05, 0) is 18.4 Å². The molecular weight excluding hydrogens is 286 g/mol. The summed E-state index contributed by atoms with van der Waals surface area (Å²) < 4.78 is 7.23. The molecule has 0 aliphatic rings. The number of nitriles is 1. The molecule has 0 aliphatic heterocycles. The lowest BCUT2D eigenvalue weighted by Crippen LogP contribution is -1.93. The van der Waals surface area contributed by atoms with Crippen LogP contribution in [-0.4, -0.2) is 16.5 Å². The predicted octanol–water partition coefficient (Wildman–Crippen LogP) is 3.97. The molecule has 0 spiro atoms. The maximum atomic E-state index is 9.52. The van der Waals surface area contributed by atoms with Crippen LogP contribution in [0.3, 0.4) is 0 Å². The molecule has 2 aromatic carbocycles. The molecule has 0 N–H and O–H groups in total. The molecule has 0 saturated heterocycles. The van der Waals surface area contributed by atoms with Crippen LogP contribution in [0.5, 0.6) is 0 Å². The minimum atomic E-state index is 0.450. The first-order valence-electron chi connectivity index (χ1n) is 7.45. The highest BCUT2D eigenvalue weighted by molar-refractivity contribution is 6.13. The normalized spacial score (nSPS) is 11.3. The molecule has 0 atom stereocenters. The van der Waals surface area contributed by atoms with Gasteiger partial charge in [0.15, 0.2) is 0 Å². The second kappa shape index (κ2) is 5.08. The van der Waals surface area contributed by atoms with E-state index in [0.717, 1.165) is 33.0 Å². The van der Waals surface area contributed by atoms with Crippen LogP contribution in [0.1, 0.15) is 16.8 Å². The van der Waals surface area contributed by atoms with Crippen molar-refractivity contribution in [2.45, 2.75) is 13.5 Å². The summed E-state index contributed by atoms with van der Waals surface area (Å²) in [6.45, 7) is 2.52. The fourth-order valence-electron chi connectivity index (χ4n) is 3.19. The fraction of sp³-hybridized carbons (Fsp3) is 0.158. The van der Waals surface area contributed by atoms with Gasteiger partial charge in [0.25, 0.3) is 0 Å². The second-order valence-corrected chi connectivity index (χ2v) is 5.72. The van der Waals surface area contributed by atoms with E-state index in [1.54, 1.807) is 7.11 Å². The van der Waals surface area contributed by atoms with E-state index in [1.165, 1.54) is 5.56 Å². The van der Waals surface area contributed by atoms with Gasteiger partial charge < -0.3 is 4.74 Å². The molecule has 0 fully saturated rings. The molecule has 0 aliphatic carbocycles. The molecule has 0 radical (unpaired) electrons. The third-order valence-electron chi connectivity index (χ3n) is 4.15. The molecule has 4 heteroatoms. The number of para-hydroxylation sites is 1. The standard InChI is InChI=1S/C19H15N3O/c1-12-6-7-16-17(8-12)15-5-3-4-13(9-20)18(15)22-10-14(11-23-2)21-19(16)22/h3-8,10H,11H2,1-2H3. The van der Waals surface area contributed by atoms with Crippen molar-refractivity contribution >= 4 is 27.3 Å². The minimum Gasteiger partial charge on any atom is -0.378 e. The van der Waals surface area contributed by atoms with Gasteiger partial charge in [-0.1, -0.05) is 35.9 Å². The molecule has 112 valence electrons.